The number of hydrogen-bond acceptors (Lipinski definition) is 4. The van der Waals surface area contributed by atoms with Crippen LogP contribution in [0.2, 0.25) is 0 Å². The topological polar surface area (TPSA) is 59.3 Å². The summed E-state index contributed by atoms with van der Waals surface area (Å²) < 4.78 is 2.98. The lowest BCUT2D eigenvalue weighted by molar-refractivity contribution is -0.119. The summed E-state index contributed by atoms with van der Waals surface area (Å²) in [6, 6.07) is 9.70. The molecule has 130 valence electrons. The first-order chi connectivity index (χ1) is 12.0. The number of nitrogens with one attached hydrogen (secondary N) is 1. The minimum atomic E-state index is -0.210. The summed E-state index contributed by atoms with van der Waals surface area (Å²) in [5.74, 6) is 1.07. The fourth-order valence-corrected chi connectivity index (χ4v) is 3.93. The molecule has 1 unspecified atom stereocenters. The highest BCUT2D eigenvalue weighted by Crippen LogP contribution is 2.28. The van der Waals surface area contributed by atoms with E-state index in [1.807, 2.05) is 42.6 Å². The fourth-order valence-electron chi connectivity index (χ4n) is 2.56. The van der Waals surface area contributed by atoms with Gasteiger partial charge in [-0.05, 0) is 56.2 Å². The normalized spacial score (nSPS) is 12.3. The molecule has 1 atom stereocenters. The highest BCUT2D eigenvalue weighted by molar-refractivity contribution is 9.10. The van der Waals surface area contributed by atoms with Crippen molar-refractivity contribution in [3.63, 3.8) is 0 Å². The molecular formula is C18H19BrN4OS. The van der Waals surface area contributed by atoms with Crippen LogP contribution in [0, 0.1) is 13.8 Å². The maximum Gasteiger partial charge on any atom is 0.230 e. The lowest BCUT2D eigenvalue weighted by atomic mass is 10.2. The standard InChI is InChI=1S/C18H19BrN4OS/c1-11-9-15(12(2)8-14(11)19)25-10-17(24)20-13(3)18-22-21-16-6-4-5-7-23(16)18/h4-9,13H,10H2,1-3H3,(H,20,24). The van der Waals surface area contributed by atoms with Gasteiger partial charge in [-0.15, -0.1) is 22.0 Å². The zero-order valence-corrected chi connectivity index (χ0v) is 16.7. The van der Waals surface area contributed by atoms with Crippen LogP contribution >= 0.6 is 27.7 Å². The molecule has 7 heteroatoms. The van der Waals surface area contributed by atoms with Crippen LogP contribution in [0.1, 0.15) is 29.9 Å². The van der Waals surface area contributed by atoms with E-state index in [4.69, 9.17) is 0 Å². The van der Waals surface area contributed by atoms with Crippen molar-refractivity contribution >= 4 is 39.2 Å². The highest BCUT2D eigenvalue weighted by atomic mass is 79.9. The second-order valence-corrected chi connectivity index (χ2v) is 7.80. The maximum atomic E-state index is 12.3. The van der Waals surface area contributed by atoms with E-state index < -0.39 is 0 Å². The molecule has 3 rings (SSSR count). The van der Waals surface area contributed by atoms with Crippen LogP contribution in [0.25, 0.3) is 5.65 Å². The van der Waals surface area contributed by atoms with Crippen LogP contribution < -0.4 is 5.32 Å². The van der Waals surface area contributed by atoms with Crippen molar-refractivity contribution in [1.29, 1.82) is 0 Å². The van der Waals surface area contributed by atoms with Gasteiger partial charge in [-0.1, -0.05) is 22.0 Å². The van der Waals surface area contributed by atoms with E-state index in [2.05, 4.69) is 50.5 Å². The first-order valence-corrected chi connectivity index (χ1v) is 9.72. The Labute approximate surface area is 159 Å². The molecule has 1 amide bonds. The molecule has 3 aromatic rings. The van der Waals surface area contributed by atoms with Gasteiger partial charge in [0.1, 0.15) is 0 Å². The average Bonchev–Trinajstić information content (AvgIpc) is 3.01. The van der Waals surface area contributed by atoms with Crippen molar-refractivity contribution in [1.82, 2.24) is 19.9 Å². The number of aryl methyl sites for hydroxylation is 2. The van der Waals surface area contributed by atoms with Crippen molar-refractivity contribution in [2.24, 2.45) is 0 Å². The summed E-state index contributed by atoms with van der Waals surface area (Å²) in [5.41, 5.74) is 3.09. The van der Waals surface area contributed by atoms with E-state index in [0.717, 1.165) is 32.0 Å². The van der Waals surface area contributed by atoms with Crippen LogP contribution in [0.4, 0.5) is 0 Å². The number of fused-ring (bicyclic) bond motifs is 1. The van der Waals surface area contributed by atoms with E-state index in [0.29, 0.717) is 5.75 Å². The lowest BCUT2D eigenvalue weighted by Crippen LogP contribution is -2.29. The molecule has 0 aliphatic heterocycles. The van der Waals surface area contributed by atoms with E-state index >= 15 is 0 Å². The molecule has 0 aliphatic rings. The third kappa shape index (κ3) is 4.04. The fraction of sp³-hybridized carbons (Fsp3) is 0.278. The second kappa shape index (κ2) is 7.58. The van der Waals surface area contributed by atoms with Crippen LogP contribution in [0.15, 0.2) is 45.9 Å². The number of rotatable bonds is 5. The molecule has 1 aromatic carbocycles. The van der Waals surface area contributed by atoms with E-state index in [-0.39, 0.29) is 11.9 Å². The Balaban J connectivity index is 1.64. The molecule has 0 aliphatic carbocycles. The molecule has 0 saturated heterocycles. The van der Waals surface area contributed by atoms with Gasteiger partial charge in [0.15, 0.2) is 11.5 Å². The largest absolute Gasteiger partial charge is 0.346 e. The van der Waals surface area contributed by atoms with Gasteiger partial charge in [0.25, 0.3) is 0 Å². The molecule has 0 fully saturated rings. The number of hydrogen-bond donors (Lipinski definition) is 1. The summed E-state index contributed by atoms with van der Waals surface area (Å²) in [6.07, 6.45) is 1.90. The zero-order chi connectivity index (χ0) is 18.0. The van der Waals surface area contributed by atoms with Crippen LogP contribution in [-0.2, 0) is 4.79 Å². The van der Waals surface area contributed by atoms with Crippen molar-refractivity contribution in [3.8, 4) is 0 Å². The predicted octanol–water partition coefficient (Wildman–Crippen LogP) is 4.08. The van der Waals surface area contributed by atoms with Crippen molar-refractivity contribution in [3.05, 3.63) is 58.0 Å². The summed E-state index contributed by atoms with van der Waals surface area (Å²) >= 11 is 5.08. The number of pyridine rings is 1. The second-order valence-electron chi connectivity index (χ2n) is 5.93. The minimum absolute atomic E-state index is 0.0230. The number of aromatic nitrogens is 3. The molecule has 0 bridgehead atoms. The molecule has 0 spiro atoms. The van der Waals surface area contributed by atoms with Crippen LogP contribution in [0.3, 0.4) is 0 Å². The van der Waals surface area contributed by atoms with E-state index in [1.165, 1.54) is 0 Å². The van der Waals surface area contributed by atoms with Crippen molar-refractivity contribution in [2.45, 2.75) is 31.7 Å². The Bertz CT molecular complexity index is 925. The van der Waals surface area contributed by atoms with Crippen molar-refractivity contribution < 1.29 is 4.79 Å². The summed E-state index contributed by atoms with van der Waals surface area (Å²) in [5, 5.41) is 11.3. The molecular weight excluding hydrogens is 400 g/mol. The number of nitrogens with zero attached hydrogens (tertiary/aromatic N) is 3. The third-order valence-corrected chi connectivity index (χ3v) is 5.93. The van der Waals surface area contributed by atoms with Crippen LogP contribution in [-0.4, -0.2) is 26.3 Å². The third-order valence-electron chi connectivity index (χ3n) is 3.92. The Morgan fingerprint density at radius 1 is 1.28 bits per heavy atom. The van der Waals surface area contributed by atoms with E-state index in [9.17, 15) is 4.79 Å². The molecule has 0 saturated carbocycles. The first-order valence-electron chi connectivity index (χ1n) is 7.94. The molecule has 2 heterocycles. The number of amides is 1. The summed E-state index contributed by atoms with van der Waals surface area (Å²) in [4.78, 5) is 13.4. The molecule has 1 N–H and O–H groups in total. The van der Waals surface area contributed by atoms with Gasteiger partial charge in [0.05, 0.1) is 11.8 Å². The number of carbonyl (C=O) groups is 1. The summed E-state index contributed by atoms with van der Waals surface area (Å²) in [6.45, 7) is 6.02. The van der Waals surface area contributed by atoms with Gasteiger partial charge < -0.3 is 5.32 Å². The maximum absolute atomic E-state index is 12.3. The van der Waals surface area contributed by atoms with E-state index in [1.54, 1.807) is 11.8 Å². The lowest BCUT2D eigenvalue weighted by Gasteiger charge is -2.13. The SMILES string of the molecule is Cc1cc(SCC(=O)NC(C)c2nnc3ccccn23)c(C)cc1Br. The number of benzene rings is 1. The Kier molecular flexibility index (Phi) is 5.44. The monoisotopic (exact) mass is 418 g/mol. The van der Waals surface area contributed by atoms with Gasteiger partial charge in [-0.2, -0.15) is 0 Å². The Morgan fingerprint density at radius 3 is 2.88 bits per heavy atom. The number of carbonyl (C=O) groups excluding carboxylic acids is 1. The smallest absolute Gasteiger partial charge is 0.230 e. The molecule has 2 aromatic heterocycles. The molecule has 25 heavy (non-hydrogen) atoms. The Morgan fingerprint density at radius 2 is 2.08 bits per heavy atom. The van der Waals surface area contributed by atoms with Gasteiger partial charge >= 0.3 is 0 Å². The van der Waals surface area contributed by atoms with Crippen molar-refractivity contribution in [2.75, 3.05) is 5.75 Å². The van der Waals surface area contributed by atoms with Crippen LogP contribution in [0.5, 0.6) is 0 Å². The summed E-state index contributed by atoms with van der Waals surface area (Å²) in [7, 11) is 0. The van der Waals surface area contributed by atoms with Gasteiger partial charge in [0, 0.05) is 15.6 Å². The Hall–Kier alpha value is -1.86. The van der Waals surface area contributed by atoms with Gasteiger partial charge in [-0.3, -0.25) is 9.20 Å². The minimum Gasteiger partial charge on any atom is -0.346 e. The van der Waals surface area contributed by atoms with Gasteiger partial charge in [-0.25, -0.2) is 0 Å². The quantitative estimate of drug-likeness (QED) is 0.634. The number of thioether (sulfide) groups is 1. The molecule has 0 radical (unpaired) electrons. The molecule has 5 nitrogen and oxygen atoms in total. The first kappa shape index (κ1) is 17.9. The van der Waals surface area contributed by atoms with Gasteiger partial charge in [0.2, 0.25) is 5.91 Å². The predicted molar refractivity (Wildman–Crippen MR) is 104 cm³/mol. The zero-order valence-electron chi connectivity index (χ0n) is 14.3. The average molecular weight is 419 g/mol. The highest BCUT2D eigenvalue weighted by Gasteiger charge is 2.16. The number of halogens is 1.